The van der Waals surface area contributed by atoms with E-state index in [9.17, 15) is 4.79 Å². The van der Waals surface area contributed by atoms with Gasteiger partial charge >= 0.3 is 6.03 Å². The third-order valence-electron chi connectivity index (χ3n) is 4.04. The van der Waals surface area contributed by atoms with Gasteiger partial charge in [0.1, 0.15) is 0 Å². The topological polar surface area (TPSA) is 90.3 Å². The molecule has 26 heavy (non-hydrogen) atoms. The van der Waals surface area contributed by atoms with Crippen LogP contribution in [0.3, 0.4) is 0 Å². The van der Waals surface area contributed by atoms with E-state index in [4.69, 9.17) is 9.47 Å². The lowest BCUT2D eigenvalue weighted by atomic mass is 10.2. The number of hydrogen-bond acceptors (Lipinski definition) is 5. The van der Waals surface area contributed by atoms with Gasteiger partial charge in [-0.1, -0.05) is 12.1 Å². The van der Waals surface area contributed by atoms with Crippen molar-refractivity contribution in [3.05, 3.63) is 41.7 Å². The normalized spacial score (nSPS) is 10.6. The van der Waals surface area contributed by atoms with Gasteiger partial charge in [0, 0.05) is 24.5 Å². The summed E-state index contributed by atoms with van der Waals surface area (Å²) in [6.07, 6.45) is 1.61. The number of pyridine rings is 1. The Hall–Kier alpha value is -3.29. The third kappa shape index (κ3) is 3.39. The molecule has 0 fully saturated rings. The second kappa shape index (κ2) is 7.30. The van der Waals surface area contributed by atoms with Crippen LogP contribution in [-0.2, 0) is 13.6 Å². The van der Waals surface area contributed by atoms with Gasteiger partial charge in [-0.3, -0.25) is 4.68 Å². The Kier molecular flexibility index (Phi) is 4.92. The van der Waals surface area contributed by atoms with Crippen molar-refractivity contribution in [1.29, 1.82) is 0 Å². The molecule has 0 saturated carbocycles. The van der Waals surface area contributed by atoms with Gasteiger partial charge in [-0.15, -0.1) is 0 Å². The van der Waals surface area contributed by atoms with Crippen molar-refractivity contribution in [2.24, 2.45) is 7.05 Å². The lowest BCUT2D eigenvalue weighted by Gasteiger charge is -2.13. The lowest BCUT2D eigenvalue weighted by molar-refractivity contribution is 0.251. The van der Waals surface area contributed by atoms with Crippen LogP contribution in [0, 0.1) is 6.92 Å². The molecule has 0 saturated heterocycles. The number of nitrogens with zero attached hydrogens (tertiary/aromatic N) is 3. The van der Waals surface area contributed by atoms with Crippen molar-refractivity contribution in [3.8, 4) is 11.5 Å². The third-order valence-corrected chi connectivity index (χ3v) is 4.04. The quantitative estimate of drug-likeness (QED) is 0.734. The summed E-state index contributed by atoms with van der Waals surface area (Å²) < 4.78 is 12.3. The van der Waals surface area contributed by atoms with E-state index in [1.165, 1.54) is 0 Å². The molecule has 0 aliphatic rings. The number of anilines is 1. The van der Waals surface area contributed by atoms with Crippen molar-refractivity contribution in [3.63, 3.8) is 0 Å². The van der Waals surface area contributed by atoms with Gasteiger partial charge in [0.25, 0.3) is 0 Å². The van der Waals surface area contributed by atoms with Gasteiger partial charge in [0.2, 0.25) is 0 Å². The first-order valence-corrected chi connectivity index (χ1v) is 8.07. The molecule has 0 unspecified atom stereocenters. The fourth-order valence-corrected chi connectivity index (χ4v) is 2.82. The number of fused-ring (bicyclic) bond motifs is 1. The number of aryl methyl sites for hydroxylation is 2. The molecule has 0 atom stereocenters. The van der Waals surface area contributed by atoms with Crippen molar-refractivity contribution in [2.75, 3.05) is 19.5 Å². The molecule has 3 aromatic rings. The van der Waals surface area contributed by atoms with Crippen molar-refractivity contribution < 1.29 is 14.3 Å². The van der Waals surface area contributed by atoms with Crippen LogP contribution in [0.4, 0.5) is 10.5 Å². The van der Waals surface area contributed by atoms with Gasteiger partial charge in [-0.25, -0.2) is 9.78 Å². The van der Waals surface area contributed by atoms with Gasteiger partial charge in [-0.05, 0) is 19.1 Å². The number of carbonyl (C=O) groups is 1. The maximum Gasteiger partial charge on any atom is 0.319 e. The van der Waals surface area contributed by atoms with E-state index in [-0.39, 0.29) is 6.03 Å². The van der Waals surface area contributed by atoms with Crippen LogP contribution in [-0.4, -0.2) is 35.0 Å². The van der Waals surface area contributed by atoms with Gasteiger partial charge in [0.05, 0.1) is 31.8 Å². The molecule has 2 amide bonds. The van der Waals surface area contributed by atoms with Crippen LogP contribution >= 0.6 is 0 Å². The number of carbonyl (C=O) groups excluding carboxylic acids is 1. The highest BCUT2D eigenvalue weighted by atomic mass is 16.5. The number of ether oxygens (including phenoxy) is 2. The van der Waals surface area contributed by atoms with E-state index < -0.39 is 0 Å². The van der Waals surface area contributed by atoms with E-state index in [1.54, 1.807) is 31.2 Å². The van der Waals surface area contributed by atoms with E-state index in [2.05, 4.69) is 20.7 Å². The van der Waals surface area contributed by atoms with E-state index in [0.29, 0.717) is 23.7 Å². The van der Waals surface area contributed by atoms with Crippen LogP contribution in [0.2, 0.25) is 0 Å². The Morgan fingerprint density at radius 1 is 1.27 bits per heavy atom. The maximum absolute atomic E-state index is 12.2. The van der Waals surface area contributed by atoms with Crippen molar-refractivity contribution >= 4 is 22.8 Å². The van der Waals surface area contributed by atoms with Crippen LogP contribution in [0.15, 0.2) is 30.5 Å². The predicted octanol–water partition coefficient (Wildman–Crippen LogP) is 2.62. The molecule has 136 valence electrons. The minimum Gasteiger partial charge on any atom is -0.493 e. The number of benzene rings is 1. The molecular formula is C18H21N5O3. The molecule has 0 aliphatic heterocycles. The number of urea groups is 1. The summed E-state index contributed by atoms with van der Waals surface area (Å²) in [6.45, 7) is 2.21. The van der Waals surface area contributed by atoms with Crippen LogP contribution in [0.25, 0.3) is 11.0 Å². The second-order valence-electron chi connectivity index (χ2n) is 5.76. The maximum atomic E-state index is 12.2. The molecule has 0 spiro atoms. The fourth-order valence-electron chi connectivity index (χ4n) is 2.82. The average molecular weight is 355 g/mol. The van der Waals surface area contributed by atoms with Gasteiger partial charge < -0.3 is 20.1 Å². The summed E-state index contributed by atoms with van der Waals surface area (Å²) in [7, 11) is 4.98. The van der Waals surface area contributed by atoms with Crippen LogP contribution in [0.1, 0.15) is 11.3 Å². The Labute approximate surface area is 151 Å². The zero-order valence-corrected chi connectivity index (χ0v) is 15.2. The Balaban J connectivity index is 1.69. The zero-order valence-electron chi connectivity index (χ0n) is 15.2. The number of amides is 2. The van der Waals surface area contributed by atoms with Crippen molar-refractivity contribution in [1.82, 2.24) is 20.1 Å². The zero-order chi connectivity index (χ0) is 18.7. The molecule has 0 aliphatic carbocycles. The Morgan fingerprint density at radius 2 is 2.08 bits per heavy atom. The van der Waals surface area contributed by atoms with Gasteiger partial charge in [-0.2, -0.15) is 5.10 Å². The average Bonchev–Trinajstić information content (AvgIpc) is 2.93. The summed E-state index contributed by atoms with van der Waals surface area (Å²) in [5.74, 6) is 1.22. The molecule has 0 radical (unpaired) electrons. The molecule has 2 N–H and O–H groups in total. The largest absolute Gasteiger partial charge is 0.493 e. The lowest BCUT2D eigenvalue weighted by Crippen LogP contribution is -2.28. The molecule has 0 bridgehead atoms. The minimum atomic E-state index is -0.336. The highest BCUT2D eigenvalue weighted by molar-refractivity contribution is 5.92. The summed E-state index contributed by atoms with van der Waals surface area (Å²) >= 11 is 0. The first kappa shape index (κ1) is 17.5. The molecule has 2 aromatic heterocycles. The molecule has 8 nitrogen and oxygen atoms in total. The predicted molar refractivity (Wildman–Crippen MR) is 98.7 cm³/mol. The summed E-state index contributed by atoms with van der Waals surface area (Å²) in [4.78, 5) is 16.6. The Bertz CT molecular complexity index is 951. The van der Waals surface area contributed by atoms with Crippen LogP contribution < -0.4 is 20.1 Å². The Morgan fingerprint density at radius 3 is 2.81 bits per heavy atom. The molecule has 2 heterocycles. The summed E-state index contributed by atoms with van der Waals surface area (Å²) in [6, 6.07) is 7.04. The number of para-hydroxylation sites is 1. The van der Waals surface area contributed by atoms with Gasteiger partial charge in [0.15, 0.2) is 17.1 Å². The minimum absolute atomic E-state index is 0.299. The highest BCUT2D eigenvalue weighted by Gasteiger charge is 2.12. The number of aromatic nitrogens is 3. The highest BCUT2D eigenvalue weighted by Crippen LogP contribution is 2.30. The number of nitrogens with one attached hydrogen (secondary N) is 2. The second-order valence-corrected chi connectivity index (χ2v) is 5.76. The SMILES string of the molecule is COc1cccc(CNC(=O)Nc2cnc3c(c2)c(C)nn3C)c1OC. The van der Waals surface area contributed by atoms with E-state index >= 15 is 0 Å². The summed E-state index contributed by atoms with van der Waals surface area (Å²) in [5, 5.41) is 10.8. The molecule has 3 rings (SSSR count). The number of methoxy groups -OCH3 is 2. The van der Waals surface area contributed by atoms with E-state index in [1.807, 2.05) is 32.2 Å². The van der Waals surface area contributed by atoms with Crippen LogP contribution in [0.5, 0.6) is 11.5 Å². The molecular weight excluding hydrogens is 334 g/mol. The smallest absolute Gasteiger partial charge is 0.319 e. The first-order chi connectivity index (χ1) is 12.5. The first-order valence-electron chi connectivity index (χ1n) is 8.07. The molecule has 8 heteroatoms. The van der Waals surface area contributed by atoms with E-state index in [0.717, 1.165) is 22.3 Å². The standard InChI is InChI=1S/C18H21N5O3/c1-11-14-8-13(10-19-17(14)23(2)22-11)21-18(24)20-9-12-6-5-7-15(25-3)16(12)26-4/h5-8,10H,9H2,1-4H3,(H2,20,21,24). The number of hydrogen-bond donors (Lipinski definition) is 2. The molecule has 1 aromatic carbocycles. The number of rotatable bonds is 5. The summed E-state index contributed by atoms with van der Waals surface area (Å²) in [5.41, 5.74) is 3.05. The van der Waals surface area contributed by atoms with Crippen molar-refractivity contribution in [2.45, 2.75) is 13.5 Å². The fraction of sp³-hybridized carbons (Fsp3) is 0.278. The monoisotopic (exact) mass is 355 g/mol.